The lowest BCUT2D eigenvalue weighted by molar-refractivity contribution is -0.146. The van der Waals surface area contributed by atoms with Crippen LogP contribution in [0.3, 0.4) is 0 Å². The summed E-state index contributed by atoms with van der Waals surface area (Å²) in [4.78, 5) is 0. The van der Waals surface area contributed by atoms with Gasteiger partial charge in [-0.15, -0.1) is 0 Å². The minimum Gasteiger partial charge on any atom is -0.385 e. The van der Waals surface area contributed by atoms with Gasteiger partial charge in [0, 0.05) is 13.7 Å². The second-order valence-corrected chi connectivity index (χ2v) is 3.62. The maximum atomic E-state index is 9.74. The minimum atomic E-state index is -0.674. The molecule has 4 nitrogen and oxygen atoms in total. The van der Waals surface area contributed by atoms with Gasteiger partial charge in [0.2, 0.25) is 0 Å². The van der Waals surface area contributed by atoms with Gasteiger partial charge in [-0.25, -0.2) is 0 Å². The molecule has 1 saturated heterocycles. The van der Waals surface area contributed by atoms with Crippen molar-refractivity contribution in [1.29, 1.82) is 0 Å². The molecule has 0 saturated carbocycles. The zero-order valence-electron chi connectivity index (χ0n) is 9.10. The minimum absolute atomic E-state index is 0.105. The fourth-order valence-corrected chi connectivity index (χ4v) is 1.59. The molecule has 4 atom stereocenters. The Morgan fingerprint density at radius 3 is 2.64 bits per heavy atom. The van der Waals surface area contributed by atoms with E-state index in [1.54, 1.807) is 0 Å². The number of aliphatic hydroxyl groups excluding tert-OH is 1. The van der Waals surface area contributed by atoms with E-state index in [4.69, 9.17) is 14.2 Å². The van der Waals surface area contributed by atoms with Crippen molar-refractivity contribution >= 4 is 0 Å². The molecule has 1 N–H and O–H groups in total. The van der Waals surface area contributed by atoms with E-state index in [1.165, 1.54) is 7.11 Å². The van der Waals surface area contributed by atoms with Gasteiger partial charge in [0.25, 0.3) is 0 Å². The van der Waals surface area contributed by atoms with Gasteiger partial charge >= 0.3 is 0 Å². The quantitative estimate of drug-likeness (QED) is 0.677. The first-order valence-electron chi connectivity index (χ1n) is 5.18. The summed E-state index contributed by atoms with van der Waals surface area (Å²) < 4.78 is 15.9. The molecule has 1 fully saturated rings. The third-order valence-electron chi connectivity index (χ3n) is 2.47. The van der Waals surface area contributed by atoms with Crippen LogP contribution in [0.1, 0.15) is 26.7 Å². The molecule has 1 unspecified atom stereocenters. The molecular formula is C10H20O4. The number of hydrogen-bond donors (Lipinski definition) is 1. The lowest BCUT2D eigenvalue weighted by Gasteiger charge is -2.18. The summed E-state index contributed by atoms with van der Waals surface area (Å²) in [5, 5.41) is 9.74. The molecular weight excluding hydrogens is 184 g/mol. The van der Waals surface area contributed by atoms with Crippen LogP contribution in [-0.2, 0) is 14.2 Å². The van der Waals surface area contributed by atoms with E-state index in [9.17, 15) is 5.11 Å². The number of aliphatic hydroxyl groups is 1. The Kier molecular flexibility index (Phi) is 4.81. The number of rotatable bonds is 5. The van der Waals surface area contributed by atoms with Crippen LogP contribution in [0.4, 0.5) is 0 Å². The third kappa shape index (κ3) is 2.67. The summed E-state index contributed by atoms with van der Waals surface area (Å²) in [7, 11) is 1.52. The summed E-state index contributed by atoms with van der Waals surface area (Å²) in [6.07, 6.45) is 0.515. The number of unbranched alkanes of at least 4 members (excludes halogenated alkanes) is 1. The van der Waals surface area contributed by atoms with Crippen LogP contribution in [0.15, 0.2) is 0 Å². The van der Waals surface area contributed by atoms with Gasteiger partial charge in [0.05, 0.1) is 6.10 Å². The molecule has 14 heavy (non-hydrogen) atoms. The summed E-state index contributed by atoms with van der Waals surface area (Å²) >= 11 is 0. The van der Waals surface area contributed by atoms with E-state index in [0.29, 0.717) is 6.61 Å². The van der Waals surface area contributed by atoms with Crippen molar-refractivity contribution in [2.75, 3.05) is 13.7 Å². The van der Waals surface area contributed by atoms with Crippen LogP contribution in [0.5, 0.6) is 0 Å². The third-order valence-corrected chi connectivity index (χ3v) is 2.47. The lowest BCUT2D eigenvalue weighted by atomic mass is 10.1. The largest absolute Gasteiger partial charge is 0.385 e. The Morgan fingerprint density at radius 2 is 2.14 bits per heavy atom. The maximum Gasteiger partial charge on any atom is 0.186 e. The van der Waals surface area contributed by atoms with Crippen LogP contribution >= 0.6 is 0 Å². The Hall–Kier alpha value is -0.160. The Bertz CT molecular complexity index is 162. The smallest absolute Gasteiger partial charge is 0.186 e. The topological polar surface area (TPSA) is 47.9 Å². The predicted octanol–water partition coefficient (Wildman–Crippen LogP) is 0.924. The van der Waals surface area contributed by atoms with Gasteiger partial charge in [0.1, 0.15) is 12.2 Å². The van der Waals surface area contributed by atoms with Crippen LogP contribution in [0, 0.1) is 0 Å². The molecule has 0 aromatic carbocycles. The zero-order valence-corrected chi connectivity index (χ0v) is 9.10. The summed E-state index contributed by atoms with van der Waals surface area (Å²) in [5.41, 5.74) is 0. The summed E-state index contributed by atoms with van der Waals surface area (Å²) in [6.45, 7) is 4.66. The molecule has 0 amide bonds. The molecule has 0 aromatic rings. The van der Waals surface area contributed by atoms with Crippen molar-refractivity contribution in [2.24, 2.45) is 0 Å². The van der Waals surface area contributed by atoms with Gasteiger partial charge in [-0.1, -0.05) is 13.3 Å². The fourth-order valence-electron chi connectivity index (χ4n) is 1.59. The molecule has 0 spiro atoms. The number of methoxy groups -OCH3 is 1. The summed E-state index contributed by atoms with van der Waals surface area (Å²) in [5.74, 6) is 0. The highest BCUT2D eigenvalue weighted by atomic mass is 16.7. The van der Waals surface area contributed by atoms with Crippen molar-refractivity contribution in [2.45, 2.75) is 51.3 Å². The molecule has 4 heteroatoms. The summed E-state index contributed by atoms with van der Waals surface area (Å²) in [6, 6.07) is 0. The molecule has 1 aliphatic heterocycles. The van der Waals surface area contributed by atoms with Crippen LogP contribution in [-0.4, -0.2) is 43.4 Å². The zero-order chi connectivity index (χ0) is 10.6. The Morgan fingerprint density at radius 1 is 1.43 bits per heavy atom. The van der Waals surface area contributed by atoms with E-state index < -0.39 is 12.4 Å². The van der Waals surface area contributed by atoms with Crippen LogP contribution in [0.2, 0.25) is 0 Å². The molecule has 0 aliphatic carbocycles. The molecule has 0 bridgehead atoms. The van der Waals surface area contributed by atoms with Crippen molar-refractivity contribution in [3.63, 3.8) is 0 Å². The standard InChI is InChI=1S/C10H20O4/c1-4-5-6-13-9-7(2)14-10(12-3)8(9)11/h7-11H,4-6H2,1-3H3/t7-,8?,9-,10-/m1/s1. The highest BCUT2D eigenvalue weighted by Crippen LogP contribution is 2.24. The van der Waals surface area contributed by atoms with E-state index in [2.05, 4.69) is 6.92 Å². The van der Waals surface area contributed by atoms with Gasteiger partial charge < -0.3 is 19.3 Å². The van der Waals surface area contributed by atoms with Gasteiger partial charge in [-0.2, -0.15) is 0 Å². The second kappa shape index (κ2) is 5.66. The van der Waals surface area contributed by atoms with E-state index in [1.807, 2.05) is 6.92 Å². The Balaban J connectivity index is 2.36. The van der Waals surface area contributed by atoms with E-state index >= 15 is 0 Å². The number of ether oxygens (including phenoxy) is 3. The average Bonchev–Trinajstić information content (AvgIpc) is 2.45. The monoisotopic (exact) mass is 204 g/mol. The maximum absolute atomic E-state index is 9.74. The fraction of sp³-hybridized carbons (Fsp3) is 1.00. The number of hydrogen-bond acceptors (Lipinski definition) is 4. The van der Waals surface area contributed by atoms with Crippen LogP contribution < -0.4 is 0 Å². The van der Waals surface area contributed by atoms with Gasteiger partial charge in [-0.05, 0) is 13.3 Å². The van der Waals surface area contributed by atoms with Crippen molar-refractivity contribution in [1.82, 2.24) is 0 Å². The SMILES string of the molecule is CCCCO[C@H]1C(O)[C@H](OC)O[C@@H]1C. The normalized spacial score (nSPS) is 37.7. The first-order valence-corrected chi connectivity index (χ1v) is 5.18. The van der Waals surface area contributed by atoms with Gasteiger partial charge in [0.15, 0.2) is 6.29 Å². The highest BCUT2D eigenvalue weighted by molar-refractivity contribution is 4.85. The molecule has 1 heterocycles. The Labute approximate surface area is 85.2 Å². The highest BCUT2D eigenvalue weighted by Gasteiger charge is 2.42. The molecule has 0 radical (unpaired) electrons. The molecule has 1 aliphatic rings. The predicted molar refractivity (Wildman–Crippen MR) is 52.0 cm³/mol. The lowest BCUT2D eigenvalue weighted by Crippen LogP contribution is -2.35. The van der Waals surface area contributed by atoms with E-state index in [0.717, 1.165) is 12.8 Å². The van der Waals surface area contributed by atoms with Gasteiger partial charge in [-0.3, -0.25) is 0 Å². The molecule has 84 valence electrons. The van der Waals surface area contributed by atoms with Crippen LogP contribution in [0.25, 0.3) is 0 Å². The molecule has 0 aromatic heterocycles. The van der Waals surface area contributed by atoms with E-state index in [-0.39, 0.29) is 12.2 Å². The van der Waals surface area contributed by atoms with Crippen molar-refractivity contribution in [3.05, 3.63) is 0 Å². The first kappa shape index (κ1) is 11.9. The second-order valence-electron chi connectivity index (χ2n) is 3.62. The molecule has 1 rings (SSSR count). The first-order chi connectivity index (χ1) is 6.70. The van der Waals surface area contributed by atoms with Crippen molar-refractivity contribution < 1.29 is 19.3 Å². The average molecular weight is 204 g/mol. The van der Waals surface area contributed by atoms with Crippen molar-refractivity contribution in [3.8, 4) is 0 Å².